The Hall–Kier alpha value is -2.93. The first kappa shape index (κ1) is 24.8. The van der Waals surface area contributed by atoms with E-state index in [1.54, 1.807) is 19.2 Å². The summed E-state index contributed by atoms with van der Waals surface area (Å²) >= 11 is 3.63. The number of allylic oxidation sites excluding steroid dienone is 4. The SMILES string of the molecule is CCN1C2=C(C(=O)CCC2)C(c2cc(Br)c(OCc3cccc(F)c3)c(OC)c2)C2=C1CCCC2=O. The van der Waals surface area contributed by atoms with Gasteiger partial charge in [-0.2, -0.15) is 0 Å². The normalized spacial score (nSPS) is 18.4. The van der Waals surface area contributed by atoms with Crippen LogP contribution in [0.3, 0.4) is 0 Å². The summed E-state index contributed by atoms with van der Waals surface area (Å²) in [5, 5.41) is 0. The lowest BCUT2D eigenvalue weighted by Crippen LogP contribution is -2.39. The molecule has 0 saturated carbocycles. The van der Waals surface area contributed by atoms with E-state index in [-0.39, 0.29) is 24.0 Å². The van der Waals surface area contributed by atoms with Crippen LogP contribution in [-0.4, -0.2) is 30.1 Å². The Balaban J connectivity index is 1.59. The third-order valence-corrected chi connectivity index (χ3v) is 7.85. The second-order valence-electron chi connectivity index (χ2n) is 9.40. The van der Waals surface area contributed by atoms with E-state index in [0.29, 0.717) is 34.4 Å². The van der Waals surface area contributed by atoms with Crippen molar-refractivity contribution in [3.63, 3.8) is 0 Å². The minimum Gasteiger partial charge on any atom is -0.493 e. The first-order valence-corrected chi connectivity index (χ1v) is 13.3. The summed E-state index contributed by atoms with van der Waals surface area (Å²) in [5.74, 6) is 0.478. The van der Waals surface area contributed by atoms with Gasteiger partial charge in [0.15, 0.2) is 23.1 Å². The fourth-order valence-electron chi connectivity index (χ4n) is 5.76. The van der Waals surface area contributed by atoms with E-state index in [4.69, 9.17) is 9.47 Å². The van der Waals surface area contributed by atoms with Crippen molar-refractivity contribution in [1.82, 2.24) is 4.90 Å². The molecule has 5 nitrogen and oxygen atoms in total. The van der Waals surface area contributed by atoms with Crippen LogP contribution in [-0.2, 0) is 16.2 Å². The number of ether oxygens (including phenoxy) is 2. The Kier molecular flexibility index (Phi) is 7.02. The van der Waals surface area contributed by atoms with E-state index < -0.39 is 5.92 Å². The van der Waals surface area contributed by atoms with Gasteiger partial charge in [0.2, 0.25) is 0 Å². The average molecular weight is 554 g/mol. The number of Topliss-reactive ketones (excluding diaryl/α,β-unsaturated/α-hetero) is 2. The van der Waals surface area contributed by atoms with E-state index in [9.17, 15) is 14.0 Å². The molecule has 2 aromatic rings. The minimum absolute atomic E-state index is 0.117. The maximum absolute atomic E-state index is 13.6. The van der Waals surface area contributed by atoms with Gasteiger partial charge < -0.3 is 14.4 Å². The minimum atomic E-state index is -0.416. The molecule has 1 aliphatic heterocycles. The van der Waals surface area contributed by atoms with Gasteiger partial charge in [0.25, 0.3) is 0 Å². The second kappa shape index (κ2) is 10.2. The van der Waals surface area contributed by atoms with Crippen molar-refractivity contribution in [2.45, 2.75) is 58.0 Å². The van der Waals surface area contributed by atoms with E-state index in [0.717, 1.165) is 60.3 Å². The van der Waals surface area contributed by atoms with Crippen molar-refractivity contribution < 1.29 is 23.5 Å². The molecule has 1 heterocycles. The molecule has 5 rings (SSSR count). The third kappa shape index (κ3) is 4.38. The number of carbonyl (C=O) groups excluding carboxylic acids is 2. The predicted octanol–water partition coefficient (Wildman–Crippen LogP) is 6.61. The van der Waals surface area contributed by atoms with E-state index in [2.05, 4.69) is 27.8 Å². The Bertz CT molecular complexity index is 1250. The topological polar surface area (TPSA) is 55.8 Å². The van der Waals surface area contributed by atoms with Crippen molar-refractivity contribution in [2.75, 3.05) is 13.7 Å². The molecule has 0 unspecified atom stereocenters. The molecule has 2 aliphatic carbocycles. The Morgan fingerprint density at radius 3 is 2.25 bits per heavy atom. The molecule has 0 atom stereocenters. The van der Waals surface area contributed by atoms with Gasteiger partial charge in [-0.1, -0.05) is 12.1 Å². The lowest BCUT2D eigenvalue weighted by molar-refractivity contribution is -0.117. The number of hydrogen-bond acceptors (Lipinski definition) is 5. The highest BCUT2D eigenvalue weighted by atomic mass is 79.9. The lowest BCUT2D eigenvalue weighted by atomic mass is 9.71. The number of hydrogen-bond donors (Lipinski definition) is 0. The summed E-state index contributed by atoms with van der Waals surface area (Å²) in [6, 6.07) is 10.1. The number of ketones is 2. The number of halogens is 2. The van der Waals surface area contributed by atoms with Gasteiger partial charge in [0.1, 0.15) is 12.4 Å². The van der Waals surface area contributed by atoms with Gasteiger partial charge in [-0.3, -0.25) is 9.59 Å². The highest BCUT2D eigenvalue weighted by Crippen LogP contribution is 2.51. The van der Waals surface area contributed by atoms with Crippen molar-refractivity contribution in [3.8, 4) is 11.5 Å². The summed E-state index contributed by atoms with van der Waals surface area (Å²) < 4.78 is 26.0. The zero-order valence-electron chi connectivity index (χ0n) is 20.5. The molecule has 0 bridgehead atoms. The molecule has 0 N–H and O–H groups in total. The van der Waals surface area contributed by atoms with Crippen LogP contribution in [0.25, 0.3) is 0 Å². The van der Waals surface area contributed by atoms with Crippen molar-refractivity contribution in [2.24, 2.45) is 0 Å². The molecule has 7 heteroatoms. The summed E-state index contributed by atoms with van der Waals surface area (Å²) in [6.45, 7) is 2.99. The standard InChI is InChI=1S/C29H29BrFNO4/c1-3-32-21-9-5-11-23(33)27(21)26(28-22(32)10-6-12-24(28)34)18-14-20(30)29(25(15-18)35-2)36-16-17-7-4-8-19(31)13-17/h4,7-8,13-15,26H,3,5-6,9-12,16H2,1-2H3. The number of methoxy groups -OCH3 is 1. The van der Waals surface area contributed by atoms with Crippen molar-refractivity contribution in [1.29, 1.82) is 0 Å². The Labute approximate surface area is 219 Å². The first-order valence-electron chi connectivity index (χ1n) is 12.5. The average Bonchev–Trinajstić information content (AvgIpc) is 2.86. The Morgan fingerprint density at radius 2 is 1.67 bits per heavy atom. The quantitative estimate of drug-likeness (QED) is 0.403. The largest absolute Gasteiger partial charge is 0.493 e. The molecule has 2 aromatic carbocycles. The van der Waals surface area contributed by atoms with Crippen LogP contribution < -0.4 is 9.47 Å². The maximum Gasteiger partial charge on any atom is 0.175 e. The van der Waals surface area contributed by atoms with Gasteiger partial charge in [0.05, 0.1) is 11.6 Å². The van der Waals surface area contributed by atoms with Crippen LogP contribution in [0.2, 0.25) is 0 Å². The van der Waals surface area contributed by atoms with Crippen LogP contribution in [0, 0.1) is 5.82 Å². The lowest BCUT2D eigenvalue weighted by Gasteiger charge is -2.43. The van der Waals surface area contributed by atoms with E-state index >= 15 is 0 Å². The van der Waals surface area contributed by atoms with Crippen molar-refractivity contribution >= 4 is 27.5 Å². The highest BCUT2D eigenvalue weighted by molar-refractivity contribution is 9.10. The first-order chi connectivity index (χ1) is 17.4. The van der Waals surface area contributed by atoms with Crippen LogP contribution in [0.5, 0.6) is 11.5 Å². The molecule has 0 fully saturated rings. The number of rotatable bonds is 6. The highest BCUT2D eigenvalue weighted by Gasteiger charge is 2.43. The van der Waals surface area contributed by atoms with Crippen LogP contribution in [0.1, 0.15) is 62.5 Å². The molecule has 36 heavy (non-hydrogen) atoms. The molecule has 0 spiro atoms. The predicted molar refractivity (Wildman–Crippen MR) is 138 cm³/mol. The zero-order valence-corrected chi connectivity index (χ0v) is 22.1. The molecule has 3 aliphatic rings. The van der Waals surface area contributed by atoms with Gasteiger partial charge in [0, 0.05) is 47.8 Å². The molecular weight excluding hydrogens is 525 g/mol. The molecular formula is C29H29BrFNO4. The molecule has 0 radical (unpaired) electrons. The second-order valence-corrected chi connectivity index (χ2v) is 10.3. The summed E-state index contributed by atoms with van der Waals surface area (Å²) in [4.78, 5) is 28.9. The van der Waals surface area contributed by atoms with Gasteiger partial charge >= 0.3 is 0 Å². The maximum atomic E-state index is 13.6. The molecule has 0 aromatic heterocycles. The number of nitrogens with zero attached hydrogens (tertiary/aromatic N) is 1. The molecule has 188 valence electrons. The number of carbonyl (C=O) groups is 2. The van der Waals surface area contributed by atoms with Crippen LogP contribution in [0.4, 0.5) is 4.39 Å². The molecule has 0 saturated heterocycles. The van der Waals surface area contributed by atoms with Crippen LogP contribution >= 0.6 is 15.9 Å². The smallest absolute Gasteiger partial charge is 0.175 e. The van der Waals surface area contributed by atoms with Crippen LogP contribution in [0.15, 0.2) is 63.4 Å². The zero-order chi connectivity index (χ0) is 25.4. The van der Waals surface area contributed by atoms with Gasteiger partial charge in [-0.15, -0.1) is 0 Å². The van der Waals surface area contributed by atoms with E-state index in [1.165, 1.54) is 12.1 Å². The Morgan fingerprint density at radius 1 is 1.00 bits per heavy atom. The third-order valence-electron chi connectivity index (χ3n) is 7.26. The fourth-order valence-corrected chi connectivity index (χ4v) is 6.33. The van der Waals surface area contributed by atoms with Crippen molar-refractivity contribution in [3.05, 3.63) is 80.4 Å². The van der Waals surface area contributed by atoms with Gasteiger partial charge in [-0.25, -0.2) is 4.39 Å². The molecule has 0 amide bonds. The monoisotopic (exact) mass is 553 g/mol. The summed E-state index contributed by atoms with van der Waals surface area (Å²) in [5.41, 5.74) is 5.16. The van der Waals surface area contributed by atoms with E-state index in [1.807, 2.05) is 12.1 Å². The summed E-state index contributed by atoms with van der Waals surface area (Å²) in [7, 11) is 1.56. The summed E-state index contributed by atoms with van der Waals surface area (Å²) in [6.07, 6.45) is 4.33. The van der Waals surface area contributed by atoms with Gasteiger partial charge in [-0.05, 0) is 83.9 Å². The number of benzene rings is 2. The fraction of sp³-hybridized carbons (Fsp3) is 0.379.